The molecule has 2 heterocycles. The Kier molecular flexibility index (Phi) is 8.28. The van der Waals surface area contributed by atoms with E-state index in [-0.39, 0.29) is 34.1 Å². The maximum absolute atomic E-state index is 15.2. The van der Waals surface area contributed by atoms with Crippen LogP contribution in [0.15, 0.2) is 71.2 Å². The van der Waals surface area contributed by atoms with E-state index < -0.39 is 23.7 Å². The molecule has 2 aromatic carbocycles. The highest BCUT2D eigenvalue weighted by atomic mass is 19.1. The van der Waals surface area contributed by atoms with E-state index >= 15 is 4.39 Å². The molecule has 1 atom stereocenters. The van der Waals surface area contributed by atoms with Gasteiger partial charge in [-0.05, 0) is 43.6 Å². The van der Waals surface area contributed by atoms with Crippen LogP contribution in [0, 0.1) is 17.1 Å². The highest BCUT2D eigenvalue weighted by Crippen LogP contribution is 2.43. The first-order valence-corrected chi connectivity index (χ1v) is 12.2. The second kappa shape index (κ2) is 11.8. The molecule has 1 fully saturated rings. The van der Waals surface area contributed by atoms with E-state index in [1.807, 2.05) is 0 Å². The highest BCUT2D eigenvalue weighted by Gasteiger charge is 2.43. The molecule has 2 aliphatic rings. The van der Waals surface area contributed by atoms with Crippen molar-refractivity contribution in [2.75, 3.05) is 45.4 Å². The van der Waals surface area contributed by atoms with Crippen LogP contribution in [0.3, 0.4) is 0 Å². The molecule has 4 rings (SSSR count). The summed E-state index contributed by atoms with van der Waals surface area (Å²) in [4.78, 5) is 29.6. The van der Waals surface area contributed by atoms with Crippen LogP contribution in [-0.2, 0) is 19.1 Å². The van der Waals surface area contributed by atoms with Crippen molar-refractivity contribution in [2.45, 2.75) is 18.8 Å². The maximum atomic E-state index is 15.2. The van der Waals surface area contributed by atoms with Crippen molar-refractivity contribution in [3.63, 3.8) is 0 Å². The summed E-state index contributed by atoms with van der Waals surface area (Å²) in [7, 11) is 2.32. The van der Waals surface area contributed by atoms with Crippen molar-refractivity contribution in [2.24, 2.45) is 5.73 Å². The summed E-state index contributed by atoms with van der Waals surface area (Å²) in [5, 5.41) is 10.1. The molecule has 1 unspecified atom stereocenters. The molecule has 0 bridgehead atoms. The topological polar surface area (TPSA) is 118 Å². The standard InChI is InChI=1S/C28H29FN4O5/c1-36-27(34)24-23(18-8-4-3-5-9-18)20(17-30)26(31)33(25(24)28(35)37-2)19-10-11-22(21(29)16-19)38-15-14-32-12-6-7-13-32/h3-5,8-11,16,23H,6-7,12-15,31H2,1-2H3. The first kappa shape index (κ1) is 26.7. The molecule has 0 amide bonds. The van der Waals surface area contributed by atoms with E-state index in [1.54, 1.807) is 30.3 Å². The van der Waals surface area contributed by atoms with Crippen LogP contribution in [0.5, 0.6) is 5.75 Å². The van der Waals surface area contributed by atoms with Gasteiger partial charge >= 0.3 is 11.9 Å². The lowest BCUT2D eigenvalue weighted by Crippen LogP contribution is -2.40. The molecule has 0 saturated carbocycles. The number of allylic oxidation sites excluding steroid dienone is 1. The summed E-state index contributed by atoms with van der Waals surface area (Å²) in [6, 6.07) is 14.8. The summed E-state index contributed by atoms with van der Waals surface area (Å²) < 4.78 is 30.8. The van der Waals surface area contributed by atoms with Crippen molar-refractivity contribution < 1.29 is 28.2 Å². The Balaban J connectivity index is 1.79. The van der Waals surface area contributed by atoms with Gasteiger partial charge in [-0.25, -0.2) is 14.0 Å². The van der Waals surface area contributed by atoms with Gasteiger partial charge in [0.1, 0.15) is 18.1 Å². The van der Waals surface area contributed by atoms with Gasteiger partial charge in [0.25, 0.3) is 0 Å². The number of hydrogen-bond acceptors (Lipinski definition) is 9. The number of hydrogen-bond donors (Lipinski definition) is 1. The molecule has 0 radical (unpaired) electrons. The van der Waals surface area contributed by atoms with E-state index in [4.69, 9.17) is 19.9 Å². The fraction of sp³-hybridized carbons (Fsp3) is 0.321. The van der Waals surface area contributed by atoms with Gasteiger partial charge in [0.05, 0.1) is 43.0 Å². The number of rotatable bonds is 8. The van der Waals surface area contributed by atoms with Gasteiger partial charge in [-0.2, -0.15) is 5.26 Å². The largest absolute Gasteiger partial charge is 0.489 e. The molecule has 0 aromatic heterocycles. The number of methoxy groups -OCH3 is 2. The fourth-order valence-corrected chi connectivity index (χ4v) is 4.82. The molecule has 2 aliphatic heterocycles. The van der Waals surface area contributed by atoms with Crippen molar-refractivity contribution in [3.8, 4) is 11.8 Å². The molecule has 38 heavy (non-hydrogen) atoms. The van der Waals surface area contributed by atoms with Crippen molar-refractivity contribution in [1.82, 2.24) is 4.90 Å². The third kappa shape index (κ3) is 5.19. The Morgan fingerprint density at radius 3 is 2.37 bits per heavy atom. The lowest BCUT2D eigenvalue weighted by Gasteiger charge is -2.36. The zero-order valence-electron chi connectivity index (χ0n) is 21.3. The van der Waals surface area contributed by atoms with Crippen molar-refractivity contribution in [1.29, 1.82) is 5.26 Å². The normalized spacial score (nSPS) is 17.8. The predicted octanol–water partition coefficient (Wildman–Crippen LogP) is 3.20. The van der Waals surface area contributed by atoms with E-state index in [2.05, 4.69) is 11.0 Å². The molecule has 2 aromatic rings. The number of esters is 2. The molecule has 1 saturated heterocycles. The van der Waals surface area contributed by atoms with E-state index in [0.29, 0.717) is 18.7 Å². The summed E-state index contributed by atoms with van der Waals surface area (Å²) in [6.07, 6.45) is 2.29. The van der Waals surface area contributed by atoms with Crippen molar-refractivity contribution >= 4 is 17.6 Å². The van der Waals surface area contributed by atoms with Gasteiger partial charge in [0, 0.05) is 12.6 Å². The first-order valence-electron chi connectivity index (χ1n) is 12.2. The number of nitriles is 1. The SMILES string of the molecule is COC(=O)C1=C(C(=O)OC)N(c2ccc(OCCN3CCCC3)c(F)c2)C(N)=C(C#N)C1c1ccccc1. The van der Waals surface area contributed by atoms with E-state index in [1.165, 1.54) is 12.1 Å². The quantitative estimate of drug-likeness (QED) is 0.524. The second-order valence-electron chi connectivity index (χ2n) is 8.85. The van der Waals surface area contributed by atoms with Crippen LogP contribution < -0.4 is 15.4 Å². The number of carbonyl (C=O) groups is 2. The lowest BCUT2D eigenvalue weighted by molar-refractivity contribution is -0.139. The third-order valence-electron chi connectivity index (χ3n) is 6.65. The summed E-state index contributed by atoms with van der Waals surface area (Å²) in [6.45, 7) is 3.01. The van der Waals surface area contributed by atoms with Crippen LogP contribution in [0.4, 0.5) is 10.1 Å². The van der Waals surface area contributed by atoms with E-state index in [9.17, 15) is 14.9 Å². The average Bonchev–Trinajstić information content (AvgIpc) is 3.46. The van der Waals surface area contributed by atoms with Gasteiger partial charge in [-0.1, -0.05) is 30.3 Å². The number of halogens is 1. The number of ether oxygens (including phenoxy) is 3. The van der Waals surface area contributed by atoms with Crippen LogP contribution in [0.1, 0.15) is 24.3 Å². The zero-order chi connectivity index (χ0) is 27.2. The van der Waals surface area contributed by atoms with Crippen LogP contribution >= 0.6 is 0 Å². The molecule has 10 heteroatoms. The fourth-order valence-electron chi connectivity index (χ4n) is 4.82. The zero-order valence-corrected chi connectivity index (χ0v) is 21.3. The first-order chi connectivity index (χ1) is 18.4. The van der Waals surface area contributed by atoms with Gasteiger partial charge in [-0.15, -0.1) is 0 Å². The van der Waals surface area contributed by atoms with Crippen LogP contribution in [0.25, 0.3) is 0 Å². The molecular weight excluding hydrogens is 491 g/mol. The van der Waals surface area contributed by atoms with Crippen molar-refractivity contribution in [3.05, 3.63) is 82.6 Å². The number of nitrogens with zero attached hydrogens (tertiary/aromatic N) is 3. The number of nitrogens with two attached hydrogens (primary N) is 1. The molecule has 2 N–H and O–H groups in total. The number of likely N-dealkylation sites (tertiary alicyclic amines) is 1. The molecule has 0 spiro atoms. The number of carbonyl (C=O) groups excluding carboxylic acids is 2. The Labute approximate surface area is 220 Å². The molecular formula is C28H29FN4O5. The number of benzene rings is 2. The number of anilines is 1. The Bertz CT molecular complexity index is 1310. The molecule has 198 valence electrons. The predicted molar refractivity (Wildman–Crippen MR) is 137 cm³/mol. The molecule has 9 nitrogen and oxygen atoms in total. The minimum atomic E-state index is -1.00. The Hall–Kier alpha value is -4.36. The summed E-state index contributed by atoms with van der Waals surface area (Å²) in [5.74, 6) is -3.56. The molecule has 0 aliphatic carbocycles. The van der Waals surface area contributed by atoms with Gasteiger partial charge in [0.2, 0.25) is 0 Å². The minimum absolute atomic E-state index is 0.00407. The van der Waals surface area contributed by atoms with Gasteiger partial charge in [-0.3, -0.25) is 9.80 Å². The highest BCUT2D eigenvalue weighted by molar-refractivity contribution is 6.06. The average molecular weight is 521 g/mol. The Morgan fingerprint density at radius 1 is 1.08 bits per heavy atom. The minimum Gasteiger partial charge on any atom is -0.489 e. The lowest BCUT2D eigenvalue weighted by atomic mass is 9.81. The van der Waals surface area contributed by atoms with Gasteiger partial charge in [0.15, 0.2) is 11.6 Å². The van der Waals surface area contributed by atoms with Crippen LogP contribution in [-0.4, -0.2) is 57.3 Å². The van der Waals surface area contributed by atoms with Crippen LogP contribution in [0.2, 0.25) is 0 Å². The maximum Gasteiger partial charge on any atom is 0.355 e. The second-order valence-corrected chi connectivity index (χ2v) is 8.85. The summed E-state index contributed by atoms with van der Waals surface area (Å²) in [5.41, 5.74) is 6.67. The van der Waals surface area contributed by atoms with E-state index in [0.717, 1.165) is 51.1 Å². The van der Waals surface area contributed by atoms with Gasteiger partial charge < -0.3 is 19.9 Å². The monoisotopic (exact) mass is 520 g/mol. The third-order valence-corrected chi connectivity index (χ3v) is 6.65. The Morgan fingerprint density at radius 2 is 1.76 bits per heavy atom. The summed E-state index contributed by atoms with van der Waals surface area (Å²) >= 11 is 0. The smallest absolute Gasteiger partial charge is 0.355 e.